The molecule has 0 aliphatic rings. The van der Waals surface area contributed by atoms with Crippen LogP contribution in [-0.2, 0) is 12.5 Å². The maximum atomic E-state index is 13.3. The SMILES string of the molecule is Cn1c(=O)[nH]c2nccc(Oc3ccc(NC(=O)Nc4cc(C(C)(C)C)nn4-c4ccccc4)c4ncccc34)c21. The first kappa shape index (κ1) is 25.8. The summed E-state index contributed by atoms with van der Waals surface area (Å²) in [5, 5.41) is 11.3. The molecule has 206 valence electrons. The van der Waals surface area contributed by atoms with Gasteiger partial charge in [0.25, 0.3) is 0 Å². The van der Waals surface area contributed by atoms with E-state index >= 15 is 0 Å². The Kier molecular flexibility index (Phi) is 6.26. The maximum absolute atomic E-state index is 13.3. The number of rotatable bonds is 5. The molecule has 41 heavy (non-hydrogen) atoms. The number of ether oxygens (including phenoxy) is 1. The highest BCUT2D eigenvalue weighted by Gasteiger charge is 2.22. The number of H-pyrrole nitrogens is 1. The largest absolute Gasteiger partial charge is 0.454 e. The third-order valence-corrected chi connectivity index (χ3v) is 6.67. The van der Waals surface area contributed by atoms with E-state index in [2.05, 4.69) is 46.4 Å². The summed E-state index contributed by atoms with van der Waals surface area (Å²) in [6, 6.07) is 19.9. The molecule has 2 amide bonds. The molecular weight excluding hydrogens is 520 g/mol. The number of amides is 2. The average Bonchev–Trinajstić information content (AvgIpc) is 3.51. The lowest BCUT2D eigenvalue weighted by Crippen LogP contribution is -2.21. The van der Waals surface area contributed by atoms with Crippen molar-refractivity contribution in [3.05, 3.63) is 95.3 Å². The molecule has 11 nitrogen and oxygen atoms in total. The third-order valence-electron chi connectivity index (χ3n) is 6.67. The molecule has 0 saturated carbocycles. The lowest BCUT2D eigenvalue weighted by Gasteiger charge is -2.14. The molecule has 0 saturated heterocycles. The number of anilines is 2. The number of carbonyl (C=O) groups is 1. The molecular formula is C30H28N8O3. The zero-order valence-electron chi connectivity index (χ0n) is 23.0. The lowest BCUT2D eigenvalue weighted by molar-refractivity contribution is 0.262. The Hall–Kier alpha value is -5.45. The summed E-state index contributed by atoms with van der Waals surface area (Å²) in [4.78, 5) is 36.8. The predicted molar refractivity (Wildman–Crippen MR) is 158 cm³/mol. The number of aromatic amines is 1. The Morgan fingerprint density at radius 2 is 1.73 bits per heavy atom. The van der Waals surface area contributed by atoms with Crippen LogP contribution in [0.1, 0.15) is 26.5 Å². The van der Waals surface area contributed by atoms with Crippen LogP contribution >= 0.6 is 0 Å². The van der Waals surface area contributed by atoms with Gasteiger partial charge in [-0.3, -0.25) is 19.9 Å². The molecule has 4 heterocycles. The first-order valence-electron chi connectivity index (χ1n) is 13.0. The van der Waals surface area contributed by atoms with Crippen LogP contribution in [0.2, 0.25) is 0 Å². The fourth-order valence-corrected chi connectivity index (χ4v) is 4.55. The van der Waals surface area contributed by atoms with Gasteiger partial charge in [-0.1, -0.05) is 39.0 Å². The van der Waals surface area contributed by atoms with Crippen molar-refractivity contribution < 1.29 is 9.53 Å². The van der Waals surface area contributed by atoms with E-state index in [1.165, 1.54) is 4.57 Å². The number of hydrogen-bond acceptors (Lipinski definition) is 6. The number of urea groups is 1. The number of hydrogen-bond donors (Lipinski definition) is 3. The van der Waals surface area contributed by atoms with Gasteiger partial charge in [0.15, 0.2) is 11.4 Å². The molecule has 6 aromatic rings. The van der Waals surface area contributed by atoms with Crippen LogP contribution in [0.3, 0.4) is 0 Å². The molecule has 0 spiro atoms. The van der Waals surface area contributed by atoms with Gasteiger partial charge in [0, 0.05) is 42.4 Å². The number of fused-ring (bicyclic) bond motifs is 2. The molecule has 4 aromatic heterocycles. The van der Waals surface area contributed by atoms with Crippen LogP contribution in [-0.4, -0.2) is 35.3 Å². The summed E-state index contributed by atoms with van der Waals surface area (Å²) < 4.78 is 9.42. The van der Waals surface area contributed by atoms with Gasteiger partial charge in [-0.15, -0.1) is 0 Å². The van der Waals surface area contributed by atoms with E-state index in [1.54, 1.807) is 48.4 Å². The Balaban J connectivity index is 1.31. The number of nitrogens with zero attached hydrogens (tertiary/aromatic N) is 5. The minimum Gasteiger partial charge on any atom is -0.454 e. The summed E-state index contributed by atoms with van der Waals surface area (Å²) in [5.74, 6) is 1.51. The van der Waals surface area contributed by atoms with Gasteiger partial charge in [0.05, 0.1) is 22.6 Å². The number of benzene rings is 2. The Bertz CT molecular complexity index is 1970. The summed E-state index contributed by atoms with van der Waals surface area (Å²) >= 11 is 0. The second-order valence-electron chi connectivity index (χ2n) is 10.6. The third kappa shape index (κ3) is 4.89. The van der Waals surface area contributed by atoms with Crippen LogP contribution in [0, 0.1) is 0 Å². The highest BCUT2D eigenvalue weighted by molar-refractivity contribution is 6.06. The van der Waals surface area contributed by atoms with Crippen molar-refractivity contribution in [3.8, 4) is 17.2 Å². The molecule has 0 aliphatic heterocycles. The number of aryl methyl sites for hydroxylation is 1. The van der Waals surface area contributed by atoms with Gasteiger partial charge in [-0.05, 0) is 36.4 Å². The van der Waals surface area contributed by atoms with E-state index in [4.69, 9.17) is 9.84 Å². The summed E-state index contributed by atoms with van der Waals surface area (Å²) in [7, 11) is 1.65. The lowest BCUT2D eigenvalue weighted by atomic mass is 9.92. The number of nitrogens with one attached hydrogen (secondary N) is 3. The number of imidazole rings is 1. The highest BCUT2D eigenvalue weighted by atomic mass is 16.5. The first-order chi connectivity index (χ1) is 19.7. The zero-order valence-corrected chi connectivity index (χ0v) is 23.0. The van der Waals surface area contributed by atoms with E-state index < -0.39 is 6.03 Å². The van der Waals surface area contributed by atoms with Crippen LogP contribution in [0.15, 0.2) is 83.9 Å². The topological polar surface area (TPSA) is 132 Å². The molecule has 0 aliphatic carbocycles. The fraction of sp³-hybridized carbons (Fsp3) is 0.167. The normalized spacial score (nSPS) is 11.6. The Morgan fingerprint density at radius 3 is 2.51 bits per heavy atom. The monoisotopic (exact) mass is 548 g/mol. The van der Waals surface area contributed by atoms with Crippen molar-refractivity contribution in [2.75, 3.05) is 10.6 Å². The molecule has 0 atom stereocenters. The van der Waals surface area contributed by atoms with Crippen molar-refractivity contribution in [2.24, 2.45) is 7.05 Å². The van der Waals surface area contributed by atoms with Gasteiger partial charge < -0.3 is 10.1 Å². The molecule has 0 bridgehead atoms. The quantitative estimate of drug-likeness (QED) is 0.252. The molecule has 0 fully saturated rings. The van der Waals surface area contributed by atoms with Crippen LogP contribution in [0.25, 0.3) is 27.8 Å². The summed E-state index contributed by atoms with van der Waals surface area (Å²) in [5.41, 5.74) is 3.19. The smallest absolute Gasteiger partial charge is 0.327 e. The summed E-state index contributed by atoms with van der Waals surface area (Å²) in [6.07, 6.45) is 3.22. The zero-order chi connectivity index (χ0) is 28.7. The predicted octanol–water partition coefficient (Wildman–Crippen LogP) is 5.73. The van der Waals surface area contributed by atoms with E-state index in [1.807, 2.05) is 42.5 Å². The average molecular weight is 549 g/mol. The Morgan fingerprint density at radius 1 is 0.927 bits per heavy atom. The minimum atomic E-state index is -0.443. The highest BCUT2D eigenvalue weighted by Crippen LogP contribution is 2.35. The Labute approximate surface area is 234 Å². The van der Waals surface area contributed by atoms with E-state index in [9.17, 15) is 9.59 Å². The standard InChI is InChI=1S/C30H28N8O3/c1-30(2,3)23-17-24(38(36-23)18-9-6-5-7-10-18)34-28(39)33-20-12-13-21(19-11-8-15-31-25(19)20)41-22-14-16-32-27-26(22)37(4)29(40)35-27/h5-17H,1-4H3,(H,32,35,40)(H2,33,34,39). The van der Waals surface area contributed by atoms with Gasteiger partial charge in [0.2, 0.25) is 0 Å². The van der Waals surface area contributed by atoms with Crippen molar-refractivity contribution >= 4 is 39.6 Å². The van der Waals surface area contributed by atoms with Gasteiger partial charge in [0.1, 0.15) is 17.1 Å². The fourth-order valence-electron chi connectivity index (χ4n) is 4.55. The summed E-state index contributed by atoms with van der Waals surface area (Å²) in [6.45, 7) is 6.22. The molecule has 0 radical (unpaired) electrons. The first-order valence-corrected chi connectivity index (χ1v) is 13.0. The molecule has 6 rings (SSSR count). The number of para-hydroxylation sites is 1. The molecule has 11 heteroatoms. The molecule has 0 unspecified atom stereocenters. The van der Waals surface area contributed by atoms with Gasteiger partial charge in [-0.2, -0.15) is 5.10 Å². The van der Waals surface area contributed by atoms with Crippen molar-refractivity contribution in [2.45, 2.75) is 26.2 Å². The molecule has 2 aromatic carbocycles. The van der Waals surface area contributed by atoms with Gasteiger partial charge >= 0.3 is 11.7 Å². The maximum Gasteiger partial charge on any atom is 0.327 e. The van der Waals surface area contributed by atoms with Crippen molar-refractivity contribution in [1.29, 1.82) is 0 Å². The van der Waals surface area contributed by atoms with Crippen molar-refractivity contribution in [1.82, 2.24) is 29.3 Å². The minimum absolute atomic E-state index is 0.212. The van der Waals surface area contributed by atoms with Crippen LogP contribution in [0.4, 0.5) is 16.3 Å². The second-order valence-corrected chi connectivity index (χ2v) is 10.6. The number of aromatic nitrogens is 6. The van der Waals surface area contributed by atoms with E-state index in [-0.39, 0.29) is 11.1 Å². The van der Waals surface area contributed by atoms with Crippen LogP contribution < -0.4 is 21.1 Å². The van der Waals surface area contributed by atoms with Gasteiger partial charge in [-0.25, -0.2) is 19.3 Å². The van der Waals surface area contributed by atoms with Crippen molar-refractivity contribution in [3.63, 3.8) is 0 Å². The van der Waals surface area contributed by atoms with E-state index in [0.29, 0.717) is 45.1 Å². The second kappa shape index (κ2) is 9.94. The number of carbonyl (C=O) groups excluding carboxylic acids is 1. The number of pyridine rings is 2. The van der Waals surface area contributed by atoms with Crippen LogP contribution in [0.5, 0.6) is 11.5 Å². The van der Waals surface area contributed by atoms with E-state index in [0.717, 1.165) is 11.4 Å². The molecule has 3 N–H and O–H groups in total.